The smallest absolute Gasteiger partial charge is 0.226 e. The number of hydrogen-bond acceptors (Lipinski definition) is 3. The fraction of sp³-hybridized carbons (Fsp3) is 0.200. The maximum Gasteiger partial charge on any atom is 0.226 e. The molecule has 1 aromatic carbocycles. The Kier molecular flexibility index (Phi) is 4.64. The fourth-order valence-electron chi connectivity index (χ4n) is 1.72. The van der Waals surface area contributed by atoms with Crippen molar-refractivity contribution in [1.82, 2.24) is 10.3 Å². The van der Waals surface area contributed by atoms with Gasteiger partial charge in [-0.1, -0.05) is 30.3 Å². The van der Waals surface area contributed by atoms with Gasteiger partial charge in [0, 0.05) is 25.0 Å². The van der Waals surface area contributed by atoms with E-state index < -0.39 is 0 Å². The molecule has 4 heteroatoms. The first-order chi connectivity index (χ1) is 9.28. The number of benzene rings is 1. The van der Waals surface area contributed by atoms with Crippen LogP contribution in [0, 0.1) is 0 Å². The molecule has 0 unspecified atom stereocenters. The molecule has 19 heavy (non-hydrogen) atoms. The number of rotatable bonds is 5. The first-order valence-electron chi connectivity index (χ1n) is 6.22. The molecule has 98 valence electrons. The van der Waals surface area contributed by atoms with Crippen molar-refractivity contribution in [3.8, 4) is 0 Å². The standard InChI is InChI=1S/C15H17N3O/c16-10-12-4-6-13(7-5-12)11-18-15(19)9-14-3-1-2-8-17-14/h1-8H,9-11,16H2,(H,18,19). The maximum absolute atomic E-state index is 11.7. The second-order valence-electron chi connectivity index (χ2n) is 4.30. The Hall–Kier alpha value is -2.20. The van der Waals surface area contributed by atoms with Crippen LogP contribution in [0.25, 0.3) is 0 Å². The van der Waals surface area contributed by atoms with Gasteiger partial charge in [0.2, 0.25) is 5.91 Å². The van der Waals surface area contributed by atoms with E-state index in [9.17, 15) is 4.79 Å². The Morgan fingerprint density at radius 1 is 1.11 bits per heavy atom. The van der Waals surface area contributed by atoms with E-state index in [4.69, 9.17) is 5.73 Å². The summed E-state index contributed by atoms with van der Waals surface area (Å²) in [6.07, 6.45) is 2.00. The second kappa shape index (κ2) is 6.66. The number of nitrogens with zero attached hydrogens (tertiary/aromatic N) is 1. The molecular formula is C15H17N3O. The summed E-state index contributed by atoms with van der Waals surface area (Å²) in [5.74, 6) is -0.0263. The lowest BCUT2D eigenvalue weighted by Gasteiger charge is -2.06. The van der Waals surface area contributed by atoms with E-state index in [2.05, 4.69) is 10.3 Å². The number of carbonyl (C=O) groups excluding carboxylic acids is 1. The molecule has 3 N–H and O–H groups in total. The highest BCUT2D eigenvalue weighted by atomic mass is 16.1. The molecule has 1 amide bonds. The quantitative estimate of drug-likeness (QED) is 0.848. The van der Waals surface area contributed by atoms with Crippen LogP contribution in [-0.2, 0) is 24.3 Å². The van der Waals surface area contributed by atoms with Gasteiger partial charge in [0.05, 0.1) is 6.42 Å². The predicted octanol–water partition coefficient (Wildman–Crippen LogP) is 1.40. The molecule has 1 aromatic heterocycles. The summed E-state index contributed by atoms with van der Waals surface area (Å²) in [5.41, 5.74) is 8.46. The molecule has 4 nitrogen and oxygen atoms in total. The largest absolute Gasteiger partial charge is 0.352 e. The van der Waals surface area contributed by atoms with Crippen molar-refractivity contribution in [3.05, 3.63) is 65.5 Å². The molecule has 0 fully saturated rings. The summed E-state index contributed by atoms with van der Waals surface area (Å²) in [4.78, 5) is 15.9. The van der Waals surface area contributed by atoms with Gasteiger partial charge in [-0.25, -0.2) is 0 Å². The molecule has 0 aliphatic rings. The number of aromatic nitrogens is 1. The third kappa shape index (κ3) is 4.19. The third-order valence-corrected chi connectivity index (χ3v) is 2.82. The number of hydrogen-bond donors (Lipinski definition) is 2. The first-order valence-corrected chi connectivity index (χ1v) is 6.22. The summed E-state index contributed by atoms with van der Waals surface area (Å²) >= 11 is 0. The SMILES string of the molecule is NCc1ccc(CNC(=O)Cc2ccccn2)cc1. The van der Waals surface area contributed by atoms with Crippen molar-refractivity contribution >= 4 is 5.91 Å². The van der Waals surface area contributed by atoms with E-state index >= 15 is 0 Å². The van der Waals surface area contributed by atoms with E-state index in [1.54, 1.807) is 6.20 Å². The Morgan fingerprint density at radius 2 is 1.84 bits per heavy atom. The van der Waals surface area contributed by atoms with Crippen LogP contribution in [0.4, 0.5) is 0 Å². The van der Waals surface area contributed by atoms with Crippen molar-refractivity contribution in [2.45, 2.75) is 19.5 Å². The van der Waals surface area contributed by atoms with Crippen LogP contribution in [0.3, 0.4) is 0 Å². The summed E-state index contributed by atoms with van der Waals surface area (Å²) < 4.78 is 0. The van der Waals surface area contributed by atoms with Gasteiger partial charge in [-0.05, 0) is 23.3 Å². The summed E-state index contributed by atoms with van der Waals surface area (Å²) in [5, 5.41) is 2.87. The van der Waals surface area contributed by atoms with E-state index in [1.165, 1.54) is 0 Å². The highest BCUT2D eigenvalue weighted by Crippen LogP contribution is 2.03. The van der Waals surface area contributed by atoms with Crippen molar-refractivity contribution in [2.24, 2.45) is 5.73 Å². The van der Waals surface area contributed by atoms with Gasteiger partial charge in [-0.2, -0.15) is 0 Å². The number of nitrogens with two attached hydrogens (primary N) is 1. The lowest BCUT2D eigenvalue weighted by molar-refractivity contribution is -0.120. The lowest BCUT2D eigenvalue weighted by Crippen LogP contribution is -2.24. The Balaban J connectivity index is 1.83. The average molecular weight is 255 g/mol. The normalized spacial score (nSPS) is 10.2. The van der Waals surface area contributed by atoms with Gasteiger partial charge < -0.3 is 11.1 Å². The molecule has 2 rings (SSSR count). The van der Waals surface area contributed by atoms with Crippen molar-refractivity contribution in [3.63, 3.8) is 0 Å². The summed E-state index contributed by atoms with van der Waals surface area (Å²) in [6, 6.07) is 13.4. The Labute approximate surface area is 112 Å². The number of pyridine rings is 1. The van der Waals surface area contributed by atoms with Crippen molar-refractivity contribution in [2.75, 3.05) is 0 Å². The number of nitrogens with one attached hydrogen (secondary N) is 1. The van der Waals surface area contributed by atoms with E-state index in [0.717, 1.165) is 16.8 Å². The zero-order valence-electron chi connectivity index (χ0n) is 10.7. The van der Waals surface area contributed by atoms with E-state index in [0.29, 0.717) is 19.5 Å². The molecule has 0 spiro atoms. The zero-order valence-corrected chi connectivity index (χ0v) is 10.7. The summed E-state index contributed by atoms with van der Waals surface area (Å²) in [7, 11) is 0. The van der Waals surface area contributed by atoms with Gasteiger partial charge >= 0.3 is 0 Å². The topological polar surface area (TPSA) is 68.0 Å². The maximum atomic E-state index is 11.7. The van der Waals surface area contributed by atoms with Crippen LogP contribution in [0.15, 0.2) is 48.7 Å². The Morgan fingerprint density at radius 3 is 2.47 bits per heavy atom. The van der Waals surface area contributed by atoms with Crippen LogP contribution in [0.1, 0.15) is 16.8 Å². The number of carbonyl (C=O) groups is 1. The minimum atomic E-state index is -0.0263. The van der Waals surface area contributed by atoms with Gasteiger partial charge in [-0.3, -0.25) is 9.78 Å². The molecule has 0 aliphatic heterocycles. The lowest BCUT2D eigenvalue weighted by atomic mass is 10.1. The van der Waals surface area contributed by atoms with Crippen LogP contribution in [-0.4, -0.2) is 10.9 Å². The molecule has 0 aliphatic carbocycles. The second-order valence-corrected chi connectivity index (χ2v) is 4.30. The molecule has 0 atom stereocenters. The summed E-state index contributed by atoms with van der Waals surface area (Å²) in [6.45, 7) is 1.06. The highest BCUT2D eigenvalue weighted by molar-refractivity contribution is 5.78. The monoisotopic (exact) mass is 255 g/mol. The predicted molar refractivity (Wildman–Crippen MR) is 74.1 cm³/mol. The van der Waals surface area contributed by atoms with Gasteiger partial charge in [0.25, 0.3) is 0 Å². The van der Waals surface area contributed by atoms with Crippen LogP contribution in [0.2, 0.25) is 0 Å². The molecule has 1 heterocycles. The molecule has 0 radical (unpaired) electrons. The third-order valence-electron chi connectivity index (χ3n) is 2.82. The van der Waals surface area contributed by atoms with Crippen molar-refractivity contribution in [1.29, 1.82) is 0 Å². The minimum Gasteiger partial charge on any atom is -0.352 e. The first kappa shape index (κ1) is 13.2. The molecule has 0 bridgehead atoms. The van der Waals surface area contributed by atoms with E-state index in [1.807, 2.05) is 42.5 Å². The number of amides is 1. The zero-order chi connectivity index (χ0) is 13.5. The van der Waals surface area contributed by atoms with Crippen LogP contribution >= 0.6 is 0 Å². The molecule has 0 saturated carbocycles. The minimum absolute atomic E-state index is 0.0263. The molecule has 2 aromatic rings. The van der Waals surface area contributed by atoms with Crippen molar-refractivity contribution < 1.29 is 4.79 Å². The van der Waals surface area contributed by atoms with Gasteiger partial charge in [0.15, 0.2) is 0 Å². The van der Waals surface area contributed by atoms with Crippen LogP contribution in [0.5, 0.6) is 0 Å². The molecular weight excluding hydrogens is 238 g/mol. The highest BCUT2D eigenvalue weighted by Gasteiger charge is 2.03. The van der Waals surface area contributed by atoms with Gasteiger partial charge in [0.1, 0.15) is 0 Å². The molecule has 0 saturated heterocycles. The Bertz CT molecular complexity index is 523. The van der Waals surface area contributed by atoms with E-state index in [-0.39, 0.29) is 5.91 Å². The average Bonchev–Trinajstić information content (AvgIpc) is 2.47. The van der Waals surface area contributed by atoms with Gasteiger partial charge in [-0.15, -0.1) is 0 Å². The fourth-order valence-corrected chi connectivity index (χ4v) is 1.72. The van der Waals surface area contributed by atoms with Crippen LogP contribution < -0.4 is 11.1 Å².